The summed E-state index contributed by atoms with van der Waals surface area (Å²) >= 11 is 0. The van der Waals surface area contributed by atoms with E-state index < -0.39 is 24.5 Å². The van der Waals surface area contributed by atoms with E-state index >= 15 is 0 Å². The number of hydrogen-bond acceptors (Lipinski definition) is 3. The summed E-state index contributed by atoms with van der Waals surface area (Å²) in [7, 11) is 0. The van der Waals surface area contributed by atoms with Gasteiger partial charge in [0.15, 0.2) is 0 Å². The molecule has 3 aromatic carbocycles. The van der Waals surface area contributed by atoms with Gasteiger partial charge in [-0.3, -0.25) is 14.4 Å². The van der Waals surface area contributed by atoms with Crippen molar-refractivity contribution in [2.24, 2.45) is 5.92 Å². The van der Waals surface area contributed by atoms with E-state index in [1.54, 1.807) is 10.2 Å². The first-order chi connectivity index (χ1) is 15.7. The van der Waals surface area contributed by atoms with Crippen LogP contribution in [0.4, 0.5) is 24.5 Å². The second kappa shape index (κ2) is 8.93. The summed E-state index contributed by atoms with van der Waals surface area (Å²) in [5.41, 5.74) is 1.17. The molecule has 3 amide bonds. The number of alkyl halides is 3. The first kappa shape index (κ1) is 22.3. The number of amides is 3. The summed E-state index contributed by atoms with van der Waals surface area (Å²) in [5.74, 6) is -1.92. The molecule has 1 atom stereocenters. The summed E-state index contributed by atoms with van der Waals surface area (Å²) in [4.78, 5) is 38.8. The standard InChI is InChI=1S/C24H20F3N3O3/c25-24(26,27)14-28-22(32)16-8-10-18(11-9-16)29-23(33)17-12-21(31)30(13-17)20-7-3-5-15-4-1-2-6-19(15)20/h1-11,17H,12-14H2,(H,28,32)(H,29,33). The molecule has 4 rings (SSSR count). The Morgan fingerprint density at radius 1 is 0.970 bits per heavy atom. The topological polar surface area (TPSA) is 78.5 Å². The lowest BCUT2D eigenvalue weighted by Crippen LogP contribution is -2.33. The second-order valence-electron chi connectivity index (χ2n) is 7.77. The maximum atomic E-state index is 12.7. The molecule has 1 aliphatic rings. The summed E-state index contributed by atoms with van der Waals surface area (Å²) < 4.78 is 36.7. The number of nitrogens with zero attached hydrogens (tertiary/aromatic N) is 1. The first-order valence-corrected chi connectivity index (χ1v) is 10.3. The number of carbonyl (C=O) groups is 3. The average Bonchev–Trinajstić information content (AvgIpc) is 3.18. The largest absolute Gasteiger partial charge is 0.405 e. The molecule has 33 heavy (non-hydrogen) atoms. The monoisotopic (exact) mass is 455 g/mol. The number of carbonyl (C=O) groups excluding carboxylic acids is 3. The molecule has 6 nitrogen and oxygen atoms in total. The van der Waals surface area contributed by atoms with Gasteiger partial charge in [0.05, 0.1) is 11.6 Å². The lowest BCUT2D eigenvalue weighted by molar-refractivity contribution is -0.123. The minimum Gasteiger partial charge on any atom is -0.343 e. The number of hydrogen-bond donors (Lipinski definition) is 2. The number of rotatable bonds is 5. The van der Waals surface area contributed by atoms with Gasteiger partial charge in [-0.2, -0.15) is 13.2 Å². The van der Waals surface area contributed by atoms with E-state index in [0.29, 0.717) is 5.69 Å². The van der Waals surface area contributed by atoms with E-state index in [1.165, 1.54) is 24.3 Å². The molecule has 170 valence electrons. The third-order valence-electron chi connectivity index (χ3n) is 5.42. The van der Waals surface area contributed by atoms with Gasteiger partial charge in [0, 0.05) is 29.6 Å². The van der Waals surface area contributed by atoms with Crippen molar-refractivity contribution < 1.29 is 27.6 Å². The molecule has 0 aliphatic carbocycles. The van der Waals surface area contributed by atoms with Crippen LogP contribution in [0.5, 0.6) is 0 Å². The highest BCUT2D eigenvalue weighted by molar-refractivity contribution is 6.08. The molecular formula is C24H20F3N3O3. The minimum absolute atomic E-state index is 0.0374. The molecular weight excluding hydrogens is 435 g/mol. The quantitative estimate of drug-likeness (QED) is 0.608. The lowest BCUT2D eigenvalue weighted by Gasteiger charge is -2.19. The second-order valence-corrected chi connectivity index (χ2v) is 7.77. The van der Waals surface area contributed by atoms with Gasteiger partial charge >= 0.3 is 6.18 Å². The third-order valence-corrected chi connectivity index (χ3v) is 5.42. The van der Waals surface area contributed by atoms with Crippen LogP contribution in [-0.4, -0.2) is 37.0 Å². The fourth-order valence-corrected chi connectivity index (χ4v) is 3.79. The minimum atomic E-state index is -4.50. The number of nitrogens with one attached hydrogen (secondary N) is 2. The molecule has 3 aromatic rings. The van der Waals surface area contributed by atoms with E-state index in [2.05, 4.69) is 5.32 Å². The summed E-state index contributed by atoms with van der Waals surface area (Å²) in [6.45, 7) is -1.19. The zero-order valence-corrected chi connectivity index (χ0v) is 17.4. The molecule has 0 bridgehead atoms. The molecule has 1 heterocycles. The fraction of sp³-hybridized carbons (Fsp3) is 0.208. The fourth-order valence-electron chi connectivity index (χ4n) is 3.79. The van der Waals surface area contributed by atoms with Crippen LogP contribution in [-0.2, 0) is 9.59 Å². The van der Waals surface area contributed by atoms with Crippen molar-refractivity contribution >= 4 is 39.9 Å². The Morgan fingerprint density at radius 2 is 1.67 bits per heavy atom. The molecule has 0 aromatic heterocycles. The van der Waals surface area contributed by atoms with Gasteiger partial charge in [-0.05, 0) is 35.7 Å². The van der Waals surface area contributed by atoms with Crippen LogP contribution in [0.3, 0.4) is 0 Å². The maximum Gasteiger partial charge on any atom is 0.405 e. The van der Waals surface area contributed by atoms with Gasteiger partial charge in [0.1, 0.15) is 6.54 Å². The van der Waals surface area contributed by atoms with E-state index in [-0.39, 0.29) is 30.3 Å². The van der Waals surface area contributed by atoms with Crippen LogP contribution in [0.2, 0.25) is 0 Å². The van der Waals surface area contributed by atoms with Crippen LogP contribution in [0.25, 0.3) is 10.8 Å². The van der Waals surface area contributed by atoms with Gasteiger partial charge in [-0.25, -0.2) is 0 Å². The Balaban J connectivity index is 1.40. The van der Waals surface area contributed by atoms with Crippen molar-refractivity contribution in [1.82, 2.24) is 5.32 Å². The molecule has 1 saturated heterocycles. The molecule has 9 heteroatoms. The van der Waals surface area contributed by atoms with Crippen LogP contribution in [0.1, 0.15) is 16.8 Å². The zero-order chi connectivity index (χ0) is 23.6. The highest BCUT2D eigenvalue weighted by Crippen LogP contribution is 2.32. The number of benzene rings is 3. The Kier molecular flexibility index (Phi) is 6.04. The van der Waals surface area contributed by atoms with E-state index in [4.69, 9.17) is 0 Å². The summed E-state index contributed by atoms with van der Waals surface area (Å²) in [6.07, 6.45) is -4.44. The SMILES string of the molecule is O=C(NCC(F)(F)F)c1ccc(NC(=O)C2CC(=O)N(c3cccc4ccccc34)C2)cc1. The Labute approximate surface area is 187 Å². The molecule has 0 saturated carbocycles. The molecule has 1 aliphatic heterocycles. The van der Waals surface area contributed by atoms with Crippen LogP contribution in [0, 0.1) is 5.92 Å². The first-order valence-electron chi connectivity index (χ1n) is 10.3. The maximum absolute atomic E-state index is 12.7. The Morgan fingerprint density at radius 3 is 2.39 bits per heavy atom. The number of anilines is 2. The lowest BCUT2D eigenvalue weighted by atomic mass is 10.1. The summed E-state index contributed by atoms with van der Waals surface area (Å²) in [6, 6.07) is 18.9. The highest BCUT2D eigenvalue weighted by atomic mass is 19.4. The number of halogens is 3. The van der Waals surface area contributed by atoms with Gasteiger partial charge in [-0.1, -0.05) is 36.4 Å². The van der Waals surface area contributed by atoms with E-state index in [9.17, 15) is 27.6 Å². The van der Waals surface area contributed by atoms with Gasteiger partial charge in [0.2, 0.25) is 11.8 Å². The predicted molar refractivity (Wildman–Crippen MR) is 118 cm³/mol. The molecule has 0 radical (unpaired) electrons. The molecule has 2 N–H and O–H groups in total. The molecule has 0 spiro atoms. The predicted octanol–water partition coefficient (Wildman–Crippen LogP) is 4.12. The van der Waals surface area contributed by atoms with Crippen LogP contribution < -0.4 is 15.5 Å². The van der Waals surface area contributed by atoms with E-state index in [1.807, 2.05) is 42.5 Å². The zero-order valence-electron chi connectivity index (χ0n) is 17.4. The van der Waals surface area contributed by atoms with Crippen molar-refractivity contribution in [1.29, 1.82) is 0 Å². The van der Waals surface area contributed by atoms with Crippen LogP contribution in [0.15, 0.2) is 66.7 Å². The Bertz CT molecular complexity index is 1200. The third kappa shape index (κ3) is 5.14. The summed E-state index contributed by atoms with van der Waals surface area (Å²) in [5, 5.41) is 6.41. The Hall–Kier alpha value is -3.88. The van der Waals surface area contributed by atoms with Crippen molar-refractivity contribution in [3.05, 3.63) is 72.3 Å². The van der Waals surface area contributed by atoms with Crippen molar-refractivity contribution in [2.45, 2.75) is 12.6 Å². The van der Waals surface area contributed by atoms with Gasteiger partial charge < -0.3 is 15.5 Å². The molecule has 1 unspecified atom stereocenters. The van der Waals surface area contributed by atoms with Crippen molar-refractivity contribution in [3.63, 3.8) is 0 Å². The molecule has 1 fully saturated rings. The van der Waals surface area contributed by atoms with Gasteiger partial charge in [0.25, 0.3) is 5.91 Å². The smallest absolute Gasteiger partial charge is 0.343 e. The average molecular weight is 455 g/mol. The normalized spacial score (nSPS) is 16.2. The van der Waals surface area contributed by atoms with Crippen molar-refractivity contribution in [3.8, 4) is 0 Å². The van der Waals surface area contributed by atoms with Crippen molar-refractivity contribution in [2.75, 3.05) is 23.3 Å². The van der Waals surface area contributed by atoms with Crippen LogP contribution >= 0.6 is 0 Å². The van der Waals surface area contributed by atoms with Gasteiger partial charge in [-0.15, -0.1) is 0 Å². The van der Waals surface area contributed by atoms with E-state index in [0.717, 1.165) is 16.5 Å². The highest BCUT2D eigenvalue weighted by Gasteiger charge is 2.35. The number of fused-ring (bicyclic) bond motifs is 1.